The summed E-state index contributed by atoms with van der Waals surface area (Å²) in [6, 6.07) is 4.03. The van der Waals surface area contributed by atoms with Crippen LogP contribution in [0.15, 0.2) is 17.5 Å². The van der Waals surface area contributed by atoms with Crippen molar-refractivity contribution in [2.75, 3.05) is 12.3 Å². The van der Waals surface area contributed by atoms with Gasteiger partial charge in [-0.2, -0.15) is 0 Å². The number of anilines is 1. The average Bonchev–Trinajstić information content (AvgIpc) is 3.00. The molecular weight excluding hydrogens is 262 g/mol. The number of hydrogen-bond donors (Lipinski definition) is 1. The summed E-state index contributed by atoms with van der Waals surface area (Å²) in [7, 11) is 0. The minimum absolute atomic E-state index is 0.218. The van der Waals surface area contributed by atoms with Gasteiger partial charge in [0, 0.05) is 11.3 Å². The number of nitrogen functional groups attached to an aromatic ring is 1. The van der Waals surface area contributed by atoms with Crippen LogP contribution in [0.25, 0.3) is 0 Å². The molecule has 5 nitrogen and oxygen atoms in total. The second kappa shape index (κ2) is 5.88. The fourth-order valence-corrected chi connectivity index (χ4v) is 2.56. The largest absolute Gasteiger partial charge is 0.461 e. The van der Waals surface area contributed by atoms with Crippen molar-refractivity contribution in [1.82, 2.24) is 9.55 Å². The van der Waals surface area contributed by atoms with Crippen molar-refractivity contribution in [3.8, 4) is 0 Å². The van der Waals surface area contributed by atoms with Gasteiger partial charge in [0.15, 0.2) is 5.69 Å². The van der Waals surface area contributed by atoms with Crippen molar-refractivity contribution in [3.63, 3.8) is 0 Å². The van der Waals surface area contributed by atoms with Gasteiger partial charge in [-0.1, -0.05) is 13.0 Å². The number of carbonyl (C=O) groups is 1. The van der Waals surface area contributed by atoms with Crippen LogP contribution in [0.1, 0.15) is 35.0 Å². The van der Waals surface area contributed by atoms with Crippen molar-refractivity contribution in [2.45, 2.75) is 26.8 Å². The molecule has 0 aliphatic carbocycles. The van der Waals surface area contributed by atoms with Crippen LogP contribution in [0, 0.1) is 0 Å². The zero-order valence-electron chi connectivity index (χ0n) is 11.0. The van der Waals surface area contributed by atoms with E-state index in [2.05, 4.69) is 4.98 Å². The molecule has 2 aromatic rings. The number of nitrogens with two attached hydrogens (primary N) is 1. The van der Waals surface area contributed by atoms with E-state index in [1.807, 2.05) is 29.0 Å². The molecule has 0 fully saturated rings. The molecular formula is C13H17N3O2S. The molecule has 2 N–H and O–H groups in total. The minimum atomic E-state index is -0.459. The Balaban J connectivity index is 2.34. The van der Waals surface area contributed by atoms with E-state index >= 15 is 0 Å². The topological polar surface area (TPSA) is 70.1 Å². The highest BCUT2D eigenvalue weighted by Crippen LogP contribution is 2.20. The van der Waals surface area contributed by atoms with Crippen molar-refractivity contribution in [1.29, 1.82) is 0 Å². The number of aryl methyl sites for hydroxylation is 1. The molecule has 0 radical (unpaired) electrons. The molecule has 0 spiro atoms. The molecule has 2 heterocycles. The molecule has 6 heteroatoms. The van der Waals surface area contributed by atoms with Crippen LogP contribution in [0.3, 0.4) is 0 Å². The zero-order valence-corrected chi connectivity index (χ0v) is 11.9. The van der Waals surface area contributed by atoms with Gasteiger partial charge in [-0.15, -0.1) is 11.3 Å². The highest BCUT2D eigenvalue weighted by atomic mass is 32.1. The molecule has 19 heavy (non-hydrogen) atoms. The first-order valence-corrected chi connectivity index (χ1v) is 7.09. The summed E-state index contributed by atoms with van der Waals surface area (Å²) < 4.78 is 6.84. The average molecular weight is 279 g/mol. The molecule has 0 atom stereocenters. The molecule has 0 saturated heterocycles. The maximum absolute atomic E-state index is 11.8. The zero-order chi connectivity index (χ0) is 13.8. The summed E-state index contributed by atoms with van der Waals surface area (Å²) >= 11 is 1.65. The smallest absolute Gasteiger partial charge is 0.360 e. The number of aromatic nitrogens is 2. The Bertz CT molecular complexity index is 561. The standard InChI is InChI=1S/C13H17N3O2S/c1-3-10-15-11(13(17)18-4-2)12(14)16(10)8-9-6-5-7-19-9/h5-7H,3-4,8,14H2,1-2H3. The number of ether oxygens (including phenoxy) is 1. The first-order chi connectivity index (χ1) is 9.17. The fraction of sp³-hybridized carbons (Fsp3) is 0.385. The van der Waals surface area contributed by atoms with Gasteiger partial charge in [0.1, 0.15) is 11.6 Å². The molecule has 102 valence electrons. The molecule has 2 aromatic heterocycles. The van der Waals surface area contributed by atoms with E-state index in [-0.39, 0.29) is 5.69 Å². The third kappa shape index (κ3) is 2.78. The predicted molar refractivity (Wildman–Crippen MR) is 75.4 cm³/mol. The summed E-state index contributed by atoms with van der Waals surface area (Å²) in [5, 5.41) is 2.01. The Morgan fingerprint density at radius 1 is 1.53 bits per heavy atom. The molecule has 0 aromatic carbocycles. The lowest BCUT2D eigenvalue weighted by molar-refractivity contribution is 0.0521. The summed E-state index contributed by atoms with van der Waals surface area (Å²) in [6.45, 7) is 4.70. The van der Waals surface area contributed by atoms with Crippen LogP contribution in [-0.4, -0.2) is 22.1 Å². The van der Waals surface area contributed by atoms with Crippen LogP contribution < -0.4 is 5.73 Å². The van der Waals surface area contributed by atoms with Gasteiger partial charge in [0.2, 0.25) is 0 Å². The van der Waals surface area contributed by atoms with Crippen LogP contribution in [0.5, 0.6) is 0 Å². The fourth-order valence-electron chi connectivity index (χ4n) is 1.87. The summed E-state index contributed by atoms with van der Waals surface area (Å²) in [4.78, 5) is 17.2. The lowest BCUT2D eigenvalue weighted by Gasteiger charge is -2.07. The Morgan fingerprint density at radius 3 is 2.89 bits per heavy atom. The highest BCUT2D eigenvalue weighted by Gasteiger charge is 2.20. The number of rotatable bonds is 5. The highest BCUT2D eigenvalue weighted by molar-refractivity contribution is 7.09. The first kappa shape index (κ1) is 13.6. The molecule has 0 bridgehead atoms. The van der Waals surface area contributed by atoms with Crippen molar-refractivity contribution in [2.24, 2.45) is 0 Å². The number of imidazole rings is 1. The van der Waals surface area contributed by atoms with E-state index in [4.69, 9.17) is 10.5 Å². The quantitative estimate of drug-likeness (QED) is 0.853. The predicted octanol–water partition coefficient (Wildman–Crippen LogP) is 2.31. The number of esters is 1. The molecule has 2 rings (SSSR count). The van der Waals surface area contributed by atoms with Crippen molar-refractivity contribution in [3.05, 3.63) is 33.9 Å². The summed E-state index contributed by atoms with van der Waals surface area (Å²) in [5.41, 5.74) is 6.25. The van der Waals surface area contributed by atoms with Gasteiger partial charge >= 0.3 is 5.97 Å². The van der Waals surface area contributed by atoms with Crippen molar-refractivity contribution < 1.29 is 9.53 Å². The normalized spacial score (nSPS) is 10.6. The third-order valence-electron chi connectivity index (χ3n) is 2.76. The maximum Gasteiger partial charge on any atom is 0.360 e. The number of nitrogens with zero attached hydrogens (tertiary/aromatic N) is 2. The van der Waals surface area contributed by atoms with Crippen molar-refractivity contribution >= 4 is 23.1 Å². The SMILES string of the molecule is CCOC(=O)c1nc(CC)n(Cc2cccs2)c1N. The van der Waals surface area contributed by atoms with Gasteiger partial charge in [0.05, 0.1) is 13.2 Å². The number of thiophene rings is 1. The Hall–Kier alpha value is -1.82. The van der Waals surface area contributed by atoms with E-state index in [0.29, 0.717) is 19.0 Å². The summed E-state index contributed by atoms with van der Waals surface area (Å²) in [5.74, 6) is 0.720. The maximum atomic E-state index is 11.8. The first-order valence-electron chi connectivity index (χ1n) is 6.21. The number of carbonyl (C=O) groups excluding carboxylic acids is 1. The molecule has 0 aliphatic rings. The van der Waals surface area contributed by atoms with Crippen LogP contribution in [-0.2, 0) is 17.7 Å². The Labute approximate surface area is 116 Å². The lowest BCUT2D eigenvalue weighted by atomic mass is 10.4. The second-order valence-corrected chi connectivity index (χ2v) is 5.03. The second-order valence-electron chi connectivity index (χ2n) is 4.00. The van der Waals surface area contributed by atoms with Gasteiger partial charge in [-0.05, 0) is 18.4 Å². The van der Waals surface area contributed by atoms with E-state index < -0.39 is 5.97 Å². The van der Waals surface area contributed by atoms with Gasteiger partial charge in [-0.25, -0.2) is 9.78 Å². The lowest BCUT2D eigenvalue weighted by Crippen LogP contribution is -2.10. The monoisotopic (exact) mass is 279 g/mol. The summed E-state index contributed by atoms with van der Waals surface area (Å²) in [6.07, 6.45) is 0.717. The van der Waals surface area contributed by atoms with Gasteiger partial charge < -0.3 is 15.0 Å². The third-order valence-corrected chi connectivity index (χ3v) is 3.63. The van der Waals surface area contributed by atoms with Crippen LogP contribution >= 0.6 is 11.3 Å². The Morgan fingerprint density at radius 2 is 2.32 bits per heavy atom. The van der Waals surface area contributed by atoms with E-state index in [1.54, 1.807) is 18.3 Å². The molecule has 0 unspecified atom stereocenters. The van der Waals surface area contributed by atoms with E-state index in [0.717, 1.165) is 12.2 Å². The van der Waals surface area contributed by atoms with E-state index in [9.17, 15) is 4.79 Å². The van der Waals surface area contributed by atoms with Crippen LogP contribution in [0.4, 0.5) is 5.82 Å². The molecule has 0 amide bonds. The number of hydrogen-bond acceptors (Lipinski definition) is 5. The minimum Gasteiger partial charge on any atom is -0.461 e. The van der Waals surface area contributed by atoms with Crippen LogP contribution in [0.2, 0.25) is 0 Å². The molecule has 0 aliphatic heterocycles. The molecule has 0 saturated carbocycles. The van der Waals surface area contributed by atoms with Gasteiger partial charge in [-0.3, -0.25) is 0 Å². The Kier molecular flexibility index (Phi) is 4.21. The van der Waals surface area contributed by atoms with E-state index in [1.165, 1.54) is 4.88 Å². The van der Waals surface area contributed by atoms with Gasteiger partial charge in [0.25, 0.3) is 0 Å².